The Labute approximate surface area is 160 Å². The standard InChI is InChI=1S/C18H19BrN2O5/c1-5-25-18(22)15-9(2)26-17(21)11(8-20)16(15)10-6-12(19)14(24-4)7-13(10)23-3/h6-7,16H,5,21H2,1-4H3/t16-/m1/s1. The van der Waals surface area contributed by atoms with Crippen LogP contribution in [0.25, 0.3) is 0 Å². The highest BCUT2D eigenvalue weighted by molar-refractivity contribution is 9.10. The zero-order valence-electron chi connectivity index (χ0n) is 14.9. The molecule has 1 aromatic rings. The van der Waals surface area contributed by atoms with Crippen LogP contribution < -0.4 is 15.2 Å². The Morgan fingerprint density at radius 2 is 2.00 bits per heavy atom. The van der Waals surface area contributed by atoms with Gasteiger partial charge in [0.05, 0.1) is 36.8 Å². The lowest BCUT2D eigenvalue weighted by molar-refractivity contribution is -0.139. The van der Waals surface area contributed by atoms with Gasteiger partial charge in [0.25, 0.3) is 0 Å². The number of ether oxygens (including phenoxy) is 4. The molecule has 7 nitrogen and oxygen atoms in total. The average molecular weight is 423 g/mol. The number of hydrogen-bond donors (Lipinski definition) is 1. The zero-order valence-corrected chi connectivity index (χ0v) is 16.5. The molecule has 0 aliphatic carbocycles. The Bertz CT molecular complexity index is 839. The maximum absolute atomic E-state index is 12.6. The molecule has 1 aromatic carbocycles. The number of allylic oxidation sites excluding steroid dienone is 2. The van der Waals surface area contributed by atoms with Gasteiger partial charge in [-0.05, 0) is 35.8 Å². The van der Waals surface area contributed by atoms with E-state index in [-0.39, 0.29) is 29.4 Å². The van der Waals surface area contributed by atoms with Crippen molar-refractivity contribution in [2.75, 3.05) is 20.8 Å². The molecule has 8 heteroatoms. The second-order valence-electron chi connectivity index (χ2n) is 5.34. The molecule has 1 heterocycles. The molecule has 0 saturated carbocycles. The fourth-order valence-corrected chi connectivity index (χ4v) is 3.30. The molecule has 0 fully saturated rings. The molecule has 138 valence electrons. The summed E-state index contributed by atoms with van der Waals surface area (Å²) in [6.07, 6.45) is 0. The van der Waals surface area contributed by atoms with Crippen molar-refractivity contribution in [3.05, 3.63) is 45.0 Å². The molecule has 2 N–H and O–H groups in total. The van der Waals surface area contributed by atoms with Crippen LogP contribution in [0.3, 0.4) is 0 Å². The number of methoxy groups -OCH3 is 2. The van der Waals surface area contributed by atoms with Gasteiger partial charge in [0, 0.05) is 11.6 Å². The summed E-state index contributed by atoms with van der Waals surface area (Å²) in [7, 11) is 3.02. The van der Waals surface area contributed by atoms with Crippen molar-refractivity contribution in [1.29, 1.82) is 5.26 Å². The first kappa shape index (κ1) is 19.7. The Morgan fingerprint density at radius 3 is 2.54 bits per heavy atom. The van der Waals surface area contributed by atoms with E-state index in [0.29, 0.717) is 21.5 Å². The topological polar surface area (TPSA) is 104 Å². The van der Waals surface area contributed by atoms with Gasteiger partial charge in [0.15, 0.2) is 0 Å². The first-order valence-corrected chi connectivity index (χ1v) is 8.55. The minimum absolute atomic E-state index is 0.0583. The van der Waals surface area contributed by atoms with Gasteiger partial charge in [-0.3, -0.25) is 0 Å². The molecule has 0 amide bonds. The van der Waals surface area contributed by atoms with E-state index in [1.54, 1.807) is 26.0 Å². The van der Waals surface area contributed by atoms with Crippen molar-refractivity contribution in [1.82, 2.24) is 0 Å². The van der Waals surface area contributed by atoms with Crippen LogP contribution >= 0.6 is 15.9 Å². The lowest BCUT2D eigenvalue weighted by atomic mass is 9.82. The van der Waals surface area contributed by atoms with Gasteiger partial charge in [-0.2, -0.15) is 5.26 Å². The predicted octanol–water partition coefficient (Wildman–Crippen LogP) is 3.11. The number of benzene rings is 1. The molecule has 1 atom stereocenters. The summed E-state index contributed by atoms with van der Waals surface area (Å²) in [6.45, 7) is 3.49. The molecular formula is C18H19BrN2O5. The first-order valence-electron chi connectivity index (χ1n) is 7.76. The number of carbonyl (C=O) groups excluding carboxylic acids is 1. The molecule has 0 unspecified atom stereocenters. The van der Waals surface area contributed by atoms with Gasteiger partial charge < -0.3 is 24.7 Å². The van der Waals surface area contributed by atoms with Crippen molar-refractivity contribution in [3.8, 4) is 17.6 Å². The molecule has 0 saturated heterocycles. The van der Waals surface area contributed by atoms with Crippen LogP contribution in [0.5, 0.6) is 11.5 Å². The molecular weight excluding hydrogens is 404 g/mol. The van der Waals surface area contributed by atoms with E-state index in [0.717, 1.165) is 0 Å². The fourth-order valence-electron chi connectivity index (χ4n) is 2.77. The van der Waals surface area contributed by atoms with E-state index in [4.69, 9.17) is 24.7 Å². The van der Waals surface area contributed by atoms with Gasteiger partial charge in [-0.15, -0.1) is 0 Å². The van der Waals surface area contributed by atoms with Crippen molar-refractivity contribution in [2.45, 2.75) is 19.8 Å². The molecule has 0 spiro atoms. The minimum atomic E-state index is -0.787. The van der Waals surface area contributed by atoms with Crippen molar-refractivity contribution < 1.29 is 23.7 Å². The van der Waals surface area contributed by atoms with E-state index < -0.39 is 11.9 Å². The Balaban J connectivity index is 2.75. The van der Waals surface area contributed by atoms with E-state index in [1.807, 2.05) is 6.07 Å². The van der Waals surface area contributed by atoms with Gasteiger partial charge in [-0.25, -0.2) is 4.79 Å². The highest BCUT2D eigenvalue weighted by Gasteiger charge is 2.38. The van der Waals surface area contributed by atoms with Crippen LogP contribution in [0.15, 0.2) is 39.4 Å². The van der Waals surface area contributed by atoms with E-state index >= 15 is 0 Å². The van der Waals surface area contributed by atoms with Crippen LogP contribution in [0, 0.1) is 11.3 Å². The third-order valence-electron chi connectivity index (χ3n) is 3.92. The number of hydrogen-bond acceptors (Lipinski definition) is 7. The molecule has 0 radical (unpaired) electrons. The monoisotopic (exact) mass is 422 g/mol. The van der Waals surface area contributed by atoms with Crippen molar-refractivity contribution in [3.63, 3.8) is 0 Å². The summed E-state index contributed by atoms with van der Waals surface area (Å²) in [5.41, 5.74) is 6.77. The van der Waals surface area contributed by atoms with Crippen molar-refractivity contribution >= 4 is 21.9 Å². The van der Waals surface area contributed by atoms with Gasteiger partial charge in [-0.1, -0.05) is 0 Å². The smallest absolute Gasteiger partial charge is 0.338 e. The molecule has 26 heavy (non-hydrogen) atoms. The van der Waals surface area contributed by atoms with E-state index in [2.05, 4.69) is 15.9 Å². The lowest BCUT2D eigenvalue weighted by Gasteiger charge is -2.28. The minimum Gasteiger partial charge on any atom is -0.496 e. The Hall–Kier alpha value is -2.66. The number of esters is 1. The lowest BCUT2D eigenvalue weighted by Crippen LogP contribution is -2.26. The zero-order chi connectivity index (χ0) is 19.4. The second kappa shape index (κ2) is 8.15. The summed E-state index contributed by atoms with van der Waals surface area (Å²) in [5.74, 6) is -0.163. The highest BCUT2D eigenvalue weighted by Crippen LogP contribution is 2.45. The quantitative estimate of drug-likeness (QED) is 0.726. The van der Waals surface area contributed by atoms with Crippen LogP contribution in [0.1, 0.15) is 25.3 Å². The van der Waals surface area contributed by atoms with Crippen LogP contribution in [-0.2, 0) is 14.3 Å². The van der Waals surface area contributed by atoms with Crippen LogP contribution in [-0.4, -0.2) is 26.8 Å². The van der Waals surface area contributed by atoms with Gasteiger partial charge >= 0.3 is 5.97 Å². The Morgan fingerprint density at radius 1 is 1.35 bits per heavy atom. The van der Waals surface area contributed by atoms with Gasteiger partial charge in [0.1, 0.15) is 28.9 Å². The number of carbonyl (C=O) groups is 1. The largest absolute Gasteiger partial charge is 0.496 e. The maximum atomic E-state index is 12.6. The fraction of sp³-hybridized carbons (Fsp3) is 0.333. The molecule has 0 aromatic heterocycles. The maximum Gasteiger partial charge on any atom is 0.338 e. The van der Waals surface area contributed by atoms with Crippen molar-refractivity contribution in [2.24, 2.45) is 5.73 Å². The Kier molecular flexibility index (Phi) is 6.16. The third kappa shape index (κ3) is 3.48. The third-order valence-corrected chi connectivity index (χ3v) is 4.54. The van der Waals surface area contributed by atoms with E-state index in [9.17, 15) is 10.1 Å². The summed E-state index contributed by atoms with van der Waals surface area (Å²) < 4.78 is 21.9. The summed E-state index contributed by atoms with van der Waals surface area (Å²) in [6, 6.07) is 5.43. The highest BCUT2D eigenvalue weighted by atomic mass is 79.9. The SMILES string of the molecule is CCOC(=O)C1=C(C)OC(N)=C(C#N)[C@H]1c1cc(Br)c(OC)cc1OC. The van der Waals surface area contributed by atoms with E-state index in [1.165, 1.54) is 14.2 Å². The second-order valence-corrected chi connectivity index (χ2v) is 6.20. The molecule has 1 aliphatic rings. The number of halogens is 1. The first-order chi connectivity index (χ1) is 12.4. The number of nitrogens with two attached hydrogens (primary N) is 1. The summed E-state index contributed by atoms with van der Waals surface area (Å²) >= 11 is 3.42. The number of rotatable bonds is 5. The average Bonchev–Trinajstić information content (AvgIpc) is 2.61. The normalized spacial score (nSPS) is 16.7. The summed E-state index contributed by atoms with van der Waals surface area (Å²) in [5, 5.41) is 9.62. The van der Waals surface area contributed by atoms with Gasteiger partial charge in [0.2, 0.25) is 5.88 Å². The summed E-state index contributed by atoms with van der Waals surface area (Å²) in [4.78, 5) is 12.6. The molecule has 1 aliphatic heterocycles. The van der Waals surface area contributed by atoms with Crippen LogP contribution in [0.2, 0.25) is 0 Å². The van der Waals surface area contributed by atoms with Crippen LogP contribution in [0.4, 0.5) is 0 Å². The number of nitrogens with zero attached hydrogens (tertiary/aromatic N) is 1. The molecule has 2 rings (SSSR count). The number of nitriles is 1. The predicted molar refractivity (Wildman–Crippen MR) is 97.2 cm³/mol. The molecule has 0 bridgehead atoms.